The standard InChI is InChI=1S/4C23H24O5.4Cu/c4*1-14(24)22(15(2)25)19-10-20(23(16(3)26)17(4)27)12-21(11-19)28-13-18-8-6-5-7-9-18;;;;/h4*5-12,24,26H,13H2,1-4H3;;;;/q;;;;4*+2/b4*22-14+,23-16+;;;;. The Morgan fingerprint density at radius 3 is 0.405 bits per heavy atom. The van der Waals surface area contributed by atoms with Gasteiger partial charge in [0.05, 0.1) is 44.6 Å². The van der Waals surface area contributed by atoms with Crippen LogP contribution in [0.2, 0.25) is 0 Å². The third kappa shape index (κ3) is 31.1. The van der Waals surface area contributed by atoms with E-state index in [9.17, 15) is 79.2 Å². The number of rotatable bonds is 28. The molecule has 0 saturated carbocycles. The second-order valence-corrected chi connectivity index (χ2v) is 26.2. The quantitative estimate of drug-likeness (QED) is 0.0128. The van der Waals surface area contributed by atoms with Gasteiger partial charge in [0.1, 0.15) is 95.5 Å². The summed E-state index contributed by atoms with van der Waals surface area (Å²) in [4.78, 5) is 96.3. The molecule has 8 aromatic carbocycles. The van der Waals surface area contributed by atoms with E-state index < -0.39 is 0 Å². The number of aliphatic hydroxyl groups excluding tert-OH is 8. The molecule has 0 fully saturated rings. The number of ketones is 8. The van der Waals surface area contributed by atoms with Crippen LogP contribution in [0.1, 0.15) is 178 Å². The molecule has 620 valence electrons. The molecule has 0 saturated heterocycles. The summed E-state index contributed by atoms with van der Waals surface area (Å²) in [5, 5.41) is 79.8. The number of carbonyl (C=O) groups excluding carboxylic acids is 8. The first-order valence-corrected chi connectivity index (χ1v) is 35.4. The largest absolute Gasteiger partial charge is 2.00 e. The molecule has 0 aliphatic carbocycles. The molecule has 0 amide bonds. The molecule has 20 nitrogen and oxygen atoms in total. The van der Waals surface area contributed by atoms with Gasteiger partial charge < -0.3 is 59.8 Å². The molecule has 0 heterocycles. The van der Waals surface area contributed by atoms with Gasteiger partial charge in [0.15, 0.2) is 46.3 Å². The van der Waals surface area contributed by atoms with Crippen molar-refractivity contribution in [1.82, 2.24) is 0 Å². The zero-order valence-corrected chi connectivity index (χ0v) is 70.8. The first-order chi connectivity index (χ1) is 52.8. The van der Waals surface area contributed by atoms with E-state index in [2.05, 4.69) is 0 Å². The number of hydrogen-bond donors (Lipinski definition) is 8. The molecule has 0 bridgehead atoms. The van der Waals surface area contributed by atoms with E-state index in [1.807, 2.05) is 121 Å². The van der Waals surface area contributed by atoms with Gasteiger partial charge >= 0.3 is 68.3 Å². The molecule has 0 aliphatic heterocycles. The fraction of sp³-hybridized carbons (Fsp3) is 0.217. The number of aliphatic hydroxyl groups is 8. The van der Waals surface area contributed by atoms with Gasteiger partial charge in [-0.25, -0.2) is 0 Å². The fourth-order valence-corrected chi connectivity index (χ4v) is 12.2. The number of Topliss-reactive ketones (excluding diaryl/α,β-unsaturated/α-hetero) is 8. The molecular formula is C92H96Cu4O20+8. The van der Waals surface area contributed by atoms with Crippen molar-refractivity contribution >= 4 is 90.9 Å². The average Bonchev–Trinajstić information content (AvgIpc) is 0.822. The minimum atomic E-state index is -0.319. The van der Waals surface area contributed by atoms with Crippen LogP contribution in [0.3, 0.4) is 0 Å². The van der Waals surface area contributed by atoms with Crippen LogP contribution in [0.25, 0.3) is 44.6 Å². The Morgan fingerprint density at radius 1 is 0.198 bits per heavy atom. The Bertz CT molecular complexity index is 4220. The van der Waals surface area contributed by atoms with Crippen molar-refractivity contribution in [2.24, 2.45) is 0 Å². The molecule has 0 unspecified atom stereocenters. The van der Waals surface area contributed by atoms with Gasteiger partial charge in [-0.05, 0) is 250 Å². The number of hydrogen-bond acceptors (Lipinski definition) is 20. The third-order valence-electron chi connectivity index (χ3n) is 16.6. The number of benzene rings is 8. The van der Waals surface area contributed by atoms with E-state index in [1.165, 1.54) is 111 Å². The second-order valence-electron chi connectivity index (χ2n) is 26.2. The first-order valence-electron chi connectivity index (χ1n) is 35.4. The molecule has 8 aromatic rings. The van der Waals surface area contributed by atoms with Gasteiger partial charge in [-0.2, -0.15) is 0 Å². The first kappa shape index (κ1) is 103. The van der Waals surface area contributed by atoms with E-state index in [-0.39, 0.29) is 232 Å². The van der Waals surface area contributed by atoms with Crippen LogP contribution in [0, 0.1) is 0 Å². The van der Waals surface area contributed by atoms with Gasteiger partial charge in [0.25, 0.3) is 0 Å². The summed E-state index contributed by atoms with van der Waals surface area (Å²) in [6, 6.07) is 57.6. The molecule has 8 rings (SSSR count). The van der Waals surface area contributed by atoms with Crippen molar-refractivity contribution in [2.45, 2.75) is 137 Å². The van der Waals surface area contributed by atoms with Crippen molar-refractivity contribution in [1.29, 1.82) is 0 Å². The SMILES string of the molecule is CC(=O)/C(=C(/C)O)c1cc(OCc2ccccc2)cc(/C(C(C)=O)=C(\C)O)c1.CC(=O)/C(=C(/C)O)c1cc(OCc2ccccc2)cc(/C(C(C)=O)=C(\C)O)c1.CC(=O)/C(=C(/C)O)c1cc(OCc2ccccc2)cc(/C(C(C)=O)=C(\C)O)c1.CC(=O)/C(=C(/C)O)c1cc(OCc2ccccc2)cc(/C(C(C)=O)=C(\C)O)c1.[Cu+2].[Cu+2].[Cu+2].[Cu+2]. The van der Waals surface area contributed by atoms with Crippen LogP contribution in [0.4, 0.5) is 0 Å². The van der Waals surface area contributed by atoms with Crippen LogP contribution >= 0.6 is 0 Å². The summed E-state index contributed by atoms with van der Waals surface area (Å²) in [6.07, 6.45) is 0. The summed E-state index contributed by atoms with van der Waals surface area (Å²) in [6.45, 7) is 23.4. The Hall–Kier alpha value is -11.3. The smallest absolute Gasteiger partial charge is 0.512 e. The fourth-order valence-electron chi connectivity index (χ4n) is 12.2. The average molecular weight is 1780 g/mol. The van der Waals surface area contributed by atoms with Crippen LogP contribution in [0.5, 0.6) is 23.0 Å². The molecule has 0 atom stereocenters. The molecule has 0 aliphatic rings. The Morgan fingerprint density at radius 2 is 0.310 bits per heavy atom. The van der Waals surface area contributed by atoms with E-state index >= 15 is 0 Å². The minimum absolute atomic E-state index is 0. The van der Waals surface area contributed by atoms with E-state index in [1.54, 1.807) is 72.8 Å². The molecule has 0 spiro atoms. The monoisotopic (exact) mass is 1770 g/mol. The zero-order chi connectivity index (χ0) is 83.4. The van der Waals surface area contributed by atoms with Crippen molar-refractivity contribution in [3.05, 3.63) is 307 Å². The summed E-state index contributed by atoms with van der Waals surface area (Å²) in [5.74, 6) is -1.95. The summed E-state index contributed by atoms with van der Waals surface area (Å²) >= 11 is 0. The van der Waals surface area contributed by atoms with Gasteiger partial charge in [-0.3, -0.25) is 38.4 Å². The van der Waals surface area contributed by atoms with E-state index in [4.69, 9.17) is 18.9 Å². The zero-order valence-electron chi connectivity index (χ0n) is 67.0. The summed E-state index contributed by atoms with van der Waals surface area (Å²) in [7, 11) is 0. The number of allylic oxidation sites excluding steroid dienone is 16. The van der Waals surface area contributed by atoms with Gasteiger partial charge in [-0.15, -0.1) is 0 Å². The van der Waals surface area contributed by atoms with Crippen molar-refractivity contribution in [2.75, 3.05) is 0 Å². The van der Waals surface area contributed by atoms with Crippen molar-refractivity contribution in [3.8, 4) is 23.0 Å². The normalized spacial score (nSPS) is 12.3. The maximum atomic E-state index is 12.0. The third-order valence-corrected chi connectivity index (χ3v) is 16.6. The molecule has 4 radical (unpaired) electrons. The Balaban J connectivity index is 0.000000765. The predicted octanol–water partition coefficient (Wildman–Crippen LogP) is 20.1. The molecule has 0 aromatic heterocycles. The minimum Gasteiger partial charge on any atom is -0.512 e. The van der Waals surface area contributed by atoms with Gasteiger partial charge in [0.2, 0.25) is 0 Å². The maximum absolute atomic E-state index is 12.0. The summed E-state index contributed by atoms with van der Waals surface area (Å²) < 4.78 is 23.4. The van der Waals surface area contributed by atoms with Crippen LogP contribution < -0.4 is 18.9 Å². The van der Waals surface area contributed by atoms with Gasteiger partial charge in [-0.1, -0.05) is 121 Å². The Labute approximate surface area is 719 Å². The van der Waals surface area contributed by atoms with E-state index in [0.717, 1.165) is 22.3 Å². The van der Waals surface area contributed by atoms with Gasteiger partial charge in [0, 0.05) is 0 Å². The van der Waals surface area contributed by atoms with Crippen LogP contribution in [-0.2, 0) is 133 Å². The van der Waals surface area contributed by atoms with Crippen LogP contribution in [-0.4, -0.2) is 87.1 Å². The molecule has 116 heavy (non-hydrogen) atoms. The number of ether oxygens (including phenoxy) is 4. The number of carbonyl (C=O) groups is 8. The summed E-state index contributed by atoms with van der Waals surface area (Å²) in [5.41, 5.74) is 8.14. The van der Waals surface area contributed by atoms with Crippen molar-refractivity contribution in [3.63, 3.8) is 0 Å². The molecular weight excluding hydrogens is 1680 g/mol. The Kier molecular flexibility index (Phi) is 43.8. The maximum Gasteiger partial charge on any atom is 2.00 e. The molecule has 8 N–H and O–H groups in total. The molecule has 24 heteroatoms. The van der Waals surface area contributed by atoms with E-state index in [0.29, 0.717) is 67.5 Å². The van der Waals surface area contributed by atoms with Crippen LogP contribution in [0.15, 0.2) is 240 Å². The van der Waals surface area contributed by atoms with Crippen molar-refractivity contribution < 1.29 is 166 Å². The predicted molar refractivity (Wildman–Crippen MR) is 436 cm³/mol. The topological polar surface area (TPSA) is 335 Å². The second kappa shape index (κ2) is 49.5.